The second-order valence-electron chi connectivity index (χ2n) is 5.16. The van der Waals surface area contributed by atoms with Crippen LogP contribution in [-0.4, -0.2) is 41.1 Å². The average Bonchev–Trinajstić information content (AvgIpc) is 3.30. The highest BCUT2D eigenvalue weighted by Gasteiger charge is 2.17. The molecule has 1 aliphatic rings. The van der Waals surface area contributed by atoms with Crippen LogP contribution in [-0.2, 0) is 6.42 Å². The van der Waals surface area contributed by atoms with Gasteiger partial charge in [0.2, 0.25) is 12.7 Å². The van der Waals surface area contributed by atoms with Crippen molar-refractivity contribution in [1.82, 2.24) is 20.1 Å². The zero-order chi connectivity index (χ0) is 17.2. The van der Waals surface area contributed by atoms with E-state index in [1.54, 1.807) is 6.07 Å². The zero-order valence-corrected chi connectivity index (χ0v) is 13.6. The van der Waals surface area contributed by atoms with Crippen molar-refractivity contribution in [2.24, 2.45) is 0 Å². The molecular weight excluding hydrogens is 328 g/mol. The summed E-state index contributed by atoms with van der Waals surface area (Å²) in [6.45, 7) is 0.239. The molecule has 0 bridgehead atoms. The van der Waals surface area contributed by atoms with Gasteiger partial charge >= 0.3 is 6.01 Å². The number of rotatable bonds is 5. The first kappa shape index (κ1) is 15.2. The van der Waals surface area contributed by atoms with Gasteiger partial charge in [0, 0.05) is 12.5 Å². The van der Waals surface area contributed by atoms with Gasteiger partial charge in [-0.15, -0.1) is 0 Å². The van der Waals surface area contributed by atoms with Gasteiger partial charge in [-0.3, -0.25) is 0 Å². The molecule has 9 nitrogen and oxygen atoms in total. The van der Waals surface area contributed by atoms with Gasteiger partial charge in [0.05, 0.1) is 14.2 Å². The van der Waals surface area contributed by atoms with Crippen LogP contribution in [0.1, 0.15) is 11.4 Å². The van der Waals surface area contributed by atoms with Gasteiger partial charge in [-0.1, -0.05) is 11.2 Å². The second kappa shape index (κ2) is 6.27. The number of aromatic nitrogens is 4. The quantitative estimate of drug-likeness (QED) is 0.687. The maximum Gasteiger partial charge on any atom is 0.320 e. The van der Waals surface area contributed by atoms with Gasteiger partial charge in [-0.05, 0) is 17.7 Å². The van der Waals surface area contributed by atoms with Crippen molar-refractivity contribution in [3.05, 3.63) is 35.7 Å². The van der Waals surface area contributed by atoms with Crippen LogP contribution >= 0.6 is 0 Å². The third kappa shape index (κ3) is 3.03. The highest BCUT2D eigenvalue weighted by molar-refractivity contribution is 5.49. The van der Waals surface area contributed by atoms with E-state index < -0.39 is 0 Å². The SMILES string of the molecule is COc1cc(-c2nc(Cc3ccc4c(c3)OCO4)no2)nc(OC)n1. The smallest absolute Gasteiger partial charge is 0.320 e. The molecule has 128 valence electrons. The van der Waals surface area contributed by atoms with Crippen molar-refractivity contribution >= 4 is 0 Å². The number of fused-ring (bicyclic) bond motifs is 1. The fourth-order valence-corrected chi connectivity index (χ4v) is 2.37. The first-order valence-corrected chi connectivity index (χ1v) is 7.43. The van der Waals surface area contributed by atoms with Crippen molar-refractivity contribution in [1.29, 1.82) is 0 Å². The van der Waals surface area contributed by atoms with Crippen LogP contribution in [0.25, 0.3) is 11.6 Å². The Balaban J connectivity index is 1.58. The highest BCUT2D eigenvalue weighted by Crippen LogP contribution is 2.33. The summed E-state index contributed by atoms with van der Waals surface area (Å²) in [6.07, 6.45) is 0.486. The van der Waals surface area contributed by atoms with E-state index in [0.29, 0.717) is 29.6 Å². The highest BCUT2D eigenvalue weighted by atomic mass is 16.7. The first-order valence-electron chi connectivity index (χ1n) is 7.43. The van der Waals surface area contributed by atoms with Crippen LogP contribution in [0.2, 0.25) is 0 Å². The fraction of sp³-hybridized carbons (Fsp3) is 0.250. The number of methoxy groups -OCH3 is 2. The summed E-state index contributed by atoms with van der Waals surface area (Å²) in [5.74, 6) is 2.57. The molecule has 0 saturated carbocycles. The van der Waals surface area contributed by atoms with Gasteiger partial charge in [-0.2, -0.15) is 15.0 Å². The Bertz CT molecular complexity index is 889. The Kier molecular flexibility index (Phi) is 3.81. The summed E-state index contributed by atoms with van der Waals surface area (Å²) >= 11 is 0. The van der Waals surface area contributed by atoms with Crippen LogP contribution in [0.5, 0.6) is 23.4 Å². The van der Waals surface area contributed by atoms with Crippen molar-refractivity contribution in [2.45, 2.75) is 6.42 Å². The van der Waals surface area contributed by atoms with E-state index in [1.807, 2.05) is 18.2 Å². The Morgan fingerprint density at radius 2 is 1.88 bits per heavy atom. The molecule has 4 rings (SSSR count). The van der Waals surface area contributed by atoms with E-state index in [-0.39, 0.29) is 18.7 Å². The number of hydrogen-bond acceptors (Lipinski definition) is 9. The minimum absolute atomic E-state index is 0.157. The topological polar surface area (TPSA) is 102 Å². The Morgan fingerprint density at radius 3 is 2.72 bits per heavy atom. The molecule has 0 saturated heterocycles. The standard InChI is InChI=1S/C16H14N4O5/c1-21-14-7-10(17-16(19-14)22-2)15-18-13(20-25-15)6-9-3-4-11-12(5-9)24-8-23-11/h3-5,7H,6,8H2,1-2H3. The molecule has 0 amide bonds. The van der Waals surface area contributed by atoms with Crippen molar-refractivity contribution in [2.75, 3.05) is 21.0 Å². The Hall–Kier alpha value is -3.36. The van der Waals surface area contributed by atoms with Gasteiger partial charge in [0.15, 0.2) is 17.3 Å². The average molecular weight is 342 g/mol. The molecule has 0 atom stereocenters. The number of hydrogen-bond donors (Lipinski definition) is 0. The zero-order valence-electron chi connectivity index (χ0n) is 13.6. The van der Waals surface area contributed by atoms with Gasteiger partial charge in [0.1, 0.15) is 5.69 Å². The summed E-state index contributed by atoms with van der Waals surface area (Å²) in [4.78, 5) is 12.6. The number of nitrogens with zero attached hydrogens (tertiary/aromatic N) is 4. The van der Waals surface area contributed by atoms with E-state index in [4.69, 9.17) is 23.5 Å². The summed E-state index contributed by atoms with van der Waals surface area (Å²) in [7, 11) is 2.97. The Morgan fingerprint density at radius 1 is 1.00 bits per heavy atom. The lowest BCUT2D eigenvalue weighted by molar-refractivity contribution is 0.174. The lowest BCUT2D eigenvalue weighted by Crippen LogP contribution is -1.97. The van der Waals surface area contributed by atoms with E-state index >= 15 is 0 Å². The molecule has 2 aromatic heterocycles. The third-order valence-electron chi connectivity index (χ3n) is 3.56. The predicted octanol–water partition coefficient (Wildman–Crippen LogP) is 1.86. The van der Waals surface area contributed by atoms with Crippen LogP contribution in [0.3, 0.4) is 0 Å². The second-order valence-corrected chi connectivity index (χ2v) is 5.16. The van der Waals surface area contributed by atoms with Gasteiger partial charge in [0.25, 0.3) is 5.89 Å². The van der Waals surface area contributed by atoms with Crippen molar-refractivity contribution < 1.29 is 23.5 Å². The molecule has 1 aromatic carbocycles. The fourth-order valence-electron chi connectivity index (χ4n) is 2.37. The normalized spacial score (nSPS) is 12.2. The lowest BCUT2D eigenvalue weighted by atomic mass is 10.1. The van der Waals surface area contributed by atoms with E-state index in [0.717, 1.165) is 11.3 Å². The molecule has 0 fully saturated rings. The van der Waals surface area contributed by atoms with Crippen LogP contribution in [0.4, 0.5) is 0 Å². The van der Waals surface area contributed by atoms with E-state index in [1.165, 1.54) is 14.2 Å². The van der Waals surface area contributed by atoms with Crippen molar-refractivity contribution in [3.8, 4) is 35.0 Å². The molecule has 0 radical (unpaired) electrons. The molecule has 3 aromatic rings. The third-order valence-corrected chi connectivity index (χ3v) is 3.56. The molecule has 25 heavy (non-hydrogen) atoms. The van der Waals surface area contributed by atoms with Gasteiger partial charge < -0.3 is 23.5 Å². The Labute approximate surface area is 142 Å². The molecular formula is C16H14N4O5. The van der Waals surface area contributed by atoms with E-state index in [9.17, 15) is 0 Å². The molecule has 0 unspecified atom stereocenters. The summed E-state index contributed by atoms with van der Waals surface area (Å²) in [5, 5.41) is 3.99. The summed E-state index contributed by atoms with van der Waals surface area (Å²) < 4.78 is 26.1. The van der Waals surface area contributed by atoms with E-state index in [2.05, 4.69) is 20.1 Å². The minimum atomic E-state index is 0.157. The largest absolute Gasteiger partial charge is 0.481 e. The predicted molar refractivity (Wildman–Crippen MR) is 83.8 cm³/mol. The molecule has 1 aliphatic heterocycles. The molecule has 0 spiro atoms. The van der Waals surface area contributed by atoms with Crippen LogP contribution < -0.4 is 18.9 Å². The molecule has 9 heteroatoms. The minimum Gasteiger partial charge on any atom is -0.481 e. The van der Waals surface area contributed by atoms with Gasteiger partial charge in [-0.25, -0.2) is 0 Å². The van der Waals surface area contributed by atoms with Crippen molar-refractivity contribution in [3.63, 3.8) is 0 Å². The number of ether oxygens (including phenoxy) is 4. The summed E-state index contributed by atoms with van der Waals surface area (Å²) in [6, 6.07) is 7.44. The summed E-state index contributed by atoms with van der Waals surface area (Å²) in [5.41, 5.74) is 1.41. The van der Waals surface area contributed by atoms with Crippen LogP contribution in [0.15, 0.2) is 28.8 Å². The number of benzene rings is 1. The van der Waals surface area contributed by atoms with Crippen LogP contribution in [0, 0.1) is 0 Å². The first-order chi connectivity index (χ1) is 12.2. The monoisotopic (exact) mass is 342 g/mol. The molecule has 0 N–H and O–H groups in total. The maximum atomic E-state index is 5.37. The molecule has 0 aliphatic carbocycles. The maximum absolute atomic E-state index is 5.37. The molecule has 3 heterocycles. The lowest BCUT2D eigenvalue weighted by Gasteiger charge is -2.03.